The summed E-state index contributed by atoms with van der Waals surface area (Å²) in [6.07, 6.45) is -1.09. The van der Waals surface area contributed by atoms with Gasteiger partial charge in [0, 0.05) is 12.1 Å². The molecule has 0 fully saturated rings. The topological polar surface area (TPSA) is 85.1 Å². The van der Waals surface area contributed by atoms with Crippen molar-refractivity contribution in [1.82, 2.24) is 9.97 Å². The number of rotatable bonds is 7. The lowest BCUT2D eigenvalue weighted by Crippen LogP contribution is -2.16. The van der Waals surface area contributed by atoms with Gasteiger partial charge in [0.15, 0.2) is 0 Å². The first-order valence-electron chi connectivity index (χ1n) is 5.03. The van der Waals surface area contributed by atoms with Crippen molar-refractivity contribution in [3.05, 3.63) is 11.9 Å². The largest absolute Gasteiger partial charge is 0.374 e. The first kappa shape index (κ1) is 13.5. The second kappa shape index (κ2) is 6.92. The Morgan fingerprint density at radius 3 is 2.76 bits per heavy atom. The number of alkyl halides is 2. The van der Waals surface area contributed by atoms with Crippen LogP contribution >= 0.6 is 0 Å². The van der Waals surface area contributed by atoms with Crippen LogP contribution < -0.4 is 16.6 Å². The average molecular weight is 247 g/mol. The predicted octanol–water partition coefficient (Wildman–Crippen LogP) is 0.764. The molecule has 6 nitrogen and oxygen atoms in total. The molecule has 1 heterocycles. The molecule has 0 spiro atoms. The van der Waals surface area contributed by atoms with Crippen LogP contribution in [0.25, 0.3) is 0 Å². The van der Waals surface area contributed by atoms with Crippen LogP contribution in [0.3, 0.4) is 0 Å². The minimum absolute atomic E-state index is 0.180. The lowest BCUT2D eigenvalue weighted by molar-refractivity contribution is 0.0214. The summed E-state index contributed by atoms with van der Waals surface area (Å²) < 4.78 is 28.2. The Labute approximate surface area is 97.5 Å². The molecule has 0 unspecified atom stereocenters. The molecular weight excluding hydrogens is 232 g/mol. The van der Waals surface area contributed by atoms with Gasteiger partial charge in [0.1, 0.15) is 24.6 Å². The Kier molecular flexibility index (Phi) is 5.50. The standard InChI is InChI=1S/C9H15F2N5O/c1-6-8(14-5-15-9(6)16-12)13-2-3-17-4-7(10)11/h5,7H,2-4,12H2,1H3,(H2,13,14,15,16). The first-order chi connectivity index (χ1) is 8.15. The molecule has 1 aromatic heterocycles. The lowest BCUT2D eigenvalue weighted by Gasteiger charge is -2.10. The third kappa shape index (κ3) is 4.45. The summed E-state index contributed by atoms with van der Waals surface area (Å²) in [5.41, 5.74) is 3.18. The van der Waals surface area contributed by atoms with Crippen LogP contribution in [0.5, 0.6) is 0 Å². The fourth-order valence-electron chi connectivity index (χ4n) is 1.19. The number of nitrogens with one attached hydrogen (secondary N) is 2. The maximum Gasteiger partial charge on any atom is 0.261 e. The Balaban J connectivity index is 2.36. The first-order valence-corrected chi connectivity index (χ1v) is 5.03. The summed E-state index contributed by atoms with van der Waals surface area (Å²) in [4.78, 5) is 7.91. The number of hydrogen-bond donors (Lipinski definition) is 3. The zero-order valence-electron chi connectivity index (χ0n) is 9.41. The quantitative estimate of drug-likeness (QED) is 0.375. The van der Waals surface area contributed by atoms with Crippen molar-refractivity contribution in [3.8, 4) is 0 Å². The normalized spacial score (nSPS) is 10.6. The van der Waals surface area contributed by atoms with Gasteiger partial charge < -0.3 is 15.5 Å². The third-order valence-electron chi connectivity index (χ3n) is 2.00. The van der Waals surface area contributed by atoms with Crippen LogP contribution in [-0.2, 0) is 4.74 Å². The molecule has 0 saturated heterocycles. The average Bonchev–Trinajstić information content (AvgIpc) is 2.30. The summed E-state index contributed by atoms with van der Waals surface area (Å²) in [6.45, 7) is 1.80. The van der Waals surface area contributed by atoms with Crippen LogP contribution in [0.2, 0.25) is 0 Å². The molecule has 0 amide bonds. The van der Waals surface area contributed by atoms with E-state index in [1.54, 1.807) is 6.92 Å². The minimum Gasteiger partial charge on any atom is -0.374 e. The summed E-state index contributed by atoms with van der Waals surface area (Å²) in [6, 6.07) is 0. The van der Waals surface area contributed by atoms with E-state index in [-0.39, 0.29) is 6.61 Å². The van der Waals surface area contributed by atoms with Gasteiger partial charge in [-0.05, 0) is 6.92 Å². The molecule has 0 aliphatic rings. The van der Waals surface area contributed by atoms with Gasteiger partial charge in [-0.2, -0.15) is 0 Å². The van der Waals surface area contributed by atoms with Gasteiger partial charge in [0.05, 0.1) is 6.61 Å². The van der Waals surface area contributed by atoms with Gasteiger partial charge in [-0.3, -0.25) is 0 Å². The molecule has 0 bridgehead atoms. The van der Waals surface area contributed by atoms with Crippen LogP contribution in [0.15, 0.2) is 6.33 Å². The number of nitrogen functional groups attached to an aromatic ring is 1. The molecule has 0 aromatic carbocycles. The van der Waals surface area contributed by atoms with Crippen molar-refractivity contribution in [2.75, 3.05) is 30.5 Å². The zero-order valence-corrected chi connectivity index (χ0v) is 9.41. The molecule has 96 valence electrons. The molecule has 1 rings (SSSR count). The molecule has 1 aromatic rings. The summed E-state index contributed by atoms with van der Waals surface area (Å²) in [7, 11) is 0. The van der Waals surface area contributed by atoms with E-state index in [1.807, 2.05) is 0 Å². The lowest BCUT2D eigenvalue weighted by atomic mass is 10.3. The Hall–Kier alpha value is -1.54. The molecule has 0 atom stereocenters. The summed E-state index contributed by atoms with van der Waals surface area (Å²) in [5.74, 6) is 6.35. The van der Waals surface area contributed by atoms with Crippen LogP contribution in [0.1, 0.15) is 5.56 Å². The molecule has 0 aliphatic heterocycles. The van der Waals surface area contributed by atoms with Gasteiger partial charge >= 0.3 is 0 Å². The third-order valence-corrected chi connectivity index (χ3v) is 2.00. The van der Waals surface area contributed by atoms with Crippen molar-refractivity contribution < 1.29 is 13.5 Å². The monoisotopic (exact) mass is 247 g/mol. The number of nitrogens with two attached hydrogens (primary N) is 1. The number of nitrogens with zero attached hydrogens (tertiary/aromatic N) is 2. The van der Waals surface area contributed by atoms with E-state index >= 15 is 0 Å². The van der Waals surface area contributed by atoms with Crippen molar-refractivity contribution >= 4 is 11.6 Å². The van der Waals surface area contributed by atoms with E-state index in [0.29, 0.717) is 18.2 Å². The van der Waals surface area contributed by atoms with Gasteiger partial charge in [0.25, 0.3) is 6.43 Å². The zero-order chi connectivity index (χ0) is 12.7. The highest BCUT2D eigenvalue weighted by molar-refractivity contribution is 5.55. The smallest absolute Gasteiger partial charge is 0.261 e. The Morgan fingerprint density at radius 1 is 1.41 bits per heavy atom. The second-order valence-corrected chi connectivity index (χ2v) is 3.23. The van der Waals surface area contributed by atoms with E-state index in [1.165, 1.54) is 6.33 Å². The maximum atomic E-state index is 11.8. The van der Waals surface area contributed by atoms with Crippen molar-refractivity contribution in [1.29, 1.82) is 0 Å². The van der Waals surface area contributed by atoms with Crippen molar-refractivity contribution in [2.24, 2.45) is 5.84 Å². The number of anilines is 2. The van der Waals surface area contributed by atoms with E-state index in [4.69, 9.17) is 10.6 Å². The van der Waals surface area contributed by atoms with Gasteiger partial charge in [-0.1, -0.05) is 0 Å². The highest BCUT2D eigenvalue weighted by atomic mass is 19.3. The van der Waals surface area contributed by atoms with Gasteiger partial charge in [-0.15, -0.1) is 0 Å². The molecule has 8 heteroatoms. The molecule has 17 heavy (non-hydrogen) atoms. The summed E-state index contributed by atoms with van der Waals surface area (Å²) in [5, 5.41) is 2.94. The number of aromatic nitrogens is 2. The number of hydrazine groups is 1. The molecular formula is C9H15F2N5O. The van der Waals surface area contributed by atoms with Gasteiger partial charge in [0.2, 0.25) is 0 Å². The fourth-order valence-corrected chi connectivity index (χ4v) is 1.19. The maximum absolute atomic E-state index is 11.8. The minimum atomic E-state index is -2.44. The highest BCUT2D eigenvalue weighted by Crippen LogP contribution is 2.16. The van der Waals surface area contributed by atoms with E-state index in [9.17, 15) is 8.78 Å². The molecule has 4 N–H and O–H groups in total. The Bertz CT molecular complexity index is 350. The fraction of sp³-hybridized carbons (Fsp3) is 0.556. The SMILES string of the molecule is Cc1c(NN)ncnc1NCCOCC(F)F. The summed E-state index contributed by atoms with van der Waals surface area (Å²) >= 11 is 0. The van der Waals surface area contributed by atoms with Crippen LogP contribution in [-0.4, -0.2) is 36.2 Å². The van der Waals surface area contributed by atoms with Crippen molar-refractivity contribution in [2.45, 2.75) is 13.3 Å². The molecule has 0 radical (unpaired) electrons. The van der Waals surface area contributed by atoms with Crippen LogP contribution in [0, 0.1) is 6.92 Å². The van der Waals surface area contributed by atoms with E-state index < -0.39 is 13.0 Å². The van der Waals surface area contributed by atoms with Crippen molar-refractivity contribution in [3.63, 3.8) is 0 Å². The second-order valence-electron chi connectivity index (χ2n) is 3.23. The molecule has 0 aliphatic carbocycles. The van der Waals surface area contributed by atoms with E-state index in [0.717, 1.165) is 5.56 Å². The highest BCUT2D eigenvalue weighted by Gasteiger charge is 2.05. The van der Waals surface area contributed by atoms with Crippen LogP contribution in [0.4, 0.5) is 20.4 Å². The predicted molar refractivity (Wildman–Crippen MR) is 59.9 cm³/mol. The van der Waals surface area contributed by atoms with Gasteiger partial charge in [-0.25, -0.2) is 24.6 Å². The van der Waals surface area contributed by atoms with E-state index in [2.05, 4.69) is 20.7 Å². The Morgan fingerprint density at radius 2 is 2.12 bits per heavy atom. The number of hydrogen-bond acceptors (Lipinski definition) is 6. The molecule has 0 saturated carbocycles. The number of halogens is 2. The number of ether oxygens (including phenoxy) is 1.